The van der Waals surface area contributed by atoms with Crippen molar-refractivity contribution >= 4 is 21.8 Å². The molecule has 2 nitrogen and oxygen atoms in total. The van der Waals surface area contributed by atoms with Gasteiger partial charge in [-0.3, -0.25) is 4.79 Å². The first kappa shape index (κ1) is 10.7. The molecule has 1 heterocycles. The third-order valence-electron chi connectivity index (χ3n) is 2.68. The lowest BCUT2D eigenvalue weighted by Crippen LogP contribution is -2.41. The van der Waals surface area contributed by atoms with E-state index in [0.717, 1.165) is 25.9 Å². The number of carbonyl (C=O) groups excluding carboxylic acids is 1. The van der Waals surface area contributed by atoms with Crippen LogP contribution in [0.5, 0.6) is 0 Å². The molecule has 1 aliphatic rings. The summed E-state index contributed by atoms with van der Waals surface area (Å²) in [5.74, 6) is 0.227. The number of nitrogens with zero attached hydrogens (tertiary/aromatic N) is 1. The standard InChI is InChI=1S/C12H14BrNO/c13-11-7-4-8-14(12(11)15)9-10-5-2-1-3-6-10/h1-3,5-6,11H,4,7-9H2. The Morgan fingerprint density at radius 1 is 1.33 bits per heavy atom. The van der Waals surface area contributed by atoms with Gasteiger partial charge < -0.3 is 4.90 Å². The van der Waals surface area contributed by atoms with Crippen molar-refractivity contribution in [2.45, 2.75) is 24.2 Å². The molecule has 0 radical (unpaired) electrons. The van der Waals surface area contributed by atoms with E-state index in [-0.39, 0.29) is 10.7 Å². The third-order valence-corrected chi connectivity index (χ3v) is 3.53. The van der Waals surface area contributed by atoms with Gasteiger partial charge in [-0.1, -0.05) is 46.3 Å². The quantitative estimate of drug-likeness (QED) is 0.755. The number of alkyl halides is 1. The zero-order chi connectivity index (χ0) is 10.7. The summed E-state index contributed by atoms with van der Waals surface area (Å²) in [6.45, 7) is 1.62. The highest BCUT2D eigenvalue weighted by Gasteiger charge is 2.26. The topological polar surface area (TPSA) is 20.3 Å². The first-order valence-electron chi connectivity index (χ1n) is 5.24. The van der Waals surface area contributed by atoms with Gasteiger partial charge in [-0.2, -0.15) is 0 Å². The predicted molar refractivity (Wildman–Crippen MR) is 63.8 cm³/mol. The fourth-order valence-electron chi connectivity index (χ4n) is 1.85. The molecule has 1 aromatic carbocycles. The van der Waals surface area contributed by atoms with E-state index in [0.29, 0.717) is 0 Å². The van der Waals surface area contributed by atoms with Crippen LogP contribution in [0.4, 0.5) is 0 Å². The van der Waals surface area contributed by atoms with Crippen molar-refractivity contribution in [3.05, 3.63) is 35.9 Å². The summed E-state index contributed by atoms with van der Waals surface area (Å²) in [5.41, 5.74) is 1.20. The molecule has 0 spiro atoms. The van der Waals surface area contributed by atoms with E-state index in [4.69, 9.17) is 0 Å². The van der Waals surface area contributed by atoms with E-state index in [9.17, 15) is 4.79 Å². The molecule has 1 atom stereocenters. The van der Waals surface area contributed by atoms with Gasteiger partial charge in [-0.05, 0) is 18.4 Å². The van der Waals surface area contributed by atoms with Crippen molar-refractivity contribution < 1.29 is 4.79 Å². The summed E-state index contributed by atoms with van der Waals surface area (Å²) in [5, 5.41) is 0. The molecule has 1 aliphatic heterocycles. The minimum absolute atomic E-state index is 0.0231. The zero-order valence-electron chi connectivity index (χ0n) is 8.53. The molecule has 2 rings (SSSR count). The summed E-state index contributed by atoms with van der Waals surface area (Å²) >= 11 is 3.42. The molecule has 0 saturated carbocycles. The zero-order valence-corrected chi connectivity index (χ0v) is 10.1. The van der Waals surface area contributed by atoms with Gasteiger partial charge in [-0.15, -0.1) is 0 Å². The van der Waals surface area contributed by atoms with Crippen molar-refractivity contribution in [1.29, 1.82) is 0 Å². The highest BCUT2D eigenvalue weighted by molar-refractivity contribution is 9.10. The first-order chi connectivity index (χ1) is 7.27. The lowest BCUT2D eigenvalue weighted by Gasteiger charge is -2.29. The van der Waals surface area contributed by atoms with Crippen LogP contribution in [0.15, 0.2) is 30.3 Å². The van der Waals surface area contributed by atoms with Crippen molar-refractivity contribution in [1.82, 2.24) is 4.90 Å². The average molecular weight is 268 g/mol. The Bertz CT molecular complexity index is 339. The number of hydrogen-bond acceptors (Lipinski definition) is 1. The second-order valence-electron chi connectivity index (χ2n) is 3.86. The largest absolute Gasteiger partial charge is 0.337 e. The van der Waals surface area contributed by atoms with Crippen LogP contribution < -0.4 is 0 Å². The molecular formula is C12H14BrNO. The Labute approximate surface area is 98.4 Å². The molecule has 1 amide bonds. The van der Waals surface area contributed by atoms with Gasteiger partial charge in [0.1, 0.15) is 0 Å². The number of carbonyl (C=O) groups is 1. The maximum Gasteiger partial charge on any atom is 0.236 e. The van der Waals surface area contributed by atoms with E-state index in [1.165, 1.54) is 5.56 Å². The molecule has 1 unspecified atom stereocenters. The van der Waals surface area contributed by atoms with E-state index in [1.807, 2.05) is 23.1 Å². The Morgan fingerprint density at radius 2 is 2.07 bits per heavy atom. The molecule has 80 valence electrons. The average Bonchev–Trinajstić information content (AvgIpc) is 2.26. The van der Waals surface area contributed by atoms with Crippen LogP contribution in [0.1, 0.15) is 18.4 Å². The number of halogens is 1. The monoisotopic (exact) mass is 267 g/mol. The fourth-order valence-corrected chi connectivity index (χ4v) is 2.47. The molecule has 1 fully saturated rings. The van der Waals surface area contributed by atoms with Crippen molar-refractivity contribution in [2.24, 2.45) is 0 Å². The predicted octanol–water partition coefficient (Wildman–Crippen LogP) is 2.57. The van der Waals surface area contributed by atoms with Gasteiger partial charge in [0.05, 0.1) is 4.83 Å². The van der Waals surface area contributed by atoms with Crippen LogP contribution in [0.3, 0.4) is 0 Å². The normalized spacial score (nSPS) is 21.8. The molecule has 0 bridgehead atoms. The van der Waals surface area contributed by atoms with Gasteiger partial charge >= 0.3 is 0 Å². The number of hydrogen-bond donors (Lipinski definition) is 0. The molecular weight excluding hydrogens is 254 g/mol. The van der Waals surface area contributed by atoms with E-state index < -0.39 is 0 Å². The van der Waals surface area contributed by atoms with Gasteiger partial charge in [0.25, 0.3) is 0 Å². The SMILES string of the molecule is O=C1C(Br)CCCN1Cc1ccccc1. The maximum absolute atomic E-state index is 11.8. The summed E-state index contributed by atoms with van der Waals surface area (Å²) in [4.78, 5) is 13.8. The Kier molecular flexibility index (Phi) is 3.41. The molecule has 0 N–H and O–H groups in total. The molecule has 1 aromatic rings. The van der Waals surface area contributed by atoms with Crippen molar-refractivity contribution in [2.75, 3.05) is 6.54 Å². The minimum Gasteiger partial charge on any atom is -0.337 e. The van der Waals surface area contributed by atoms with Gasteiger partial charge in [0.2, 0.25) is 5.91 Å². The number of rotatable bonds is 2. The van der Waals surface area contributed by atoms with Crippen LogP contribution in [0.2, 0.25) is 0 Å². The Hall–Kier alpha value is -0.830. The molecule has 0 aliphatic carbocycles. The molecule has 1 saturated heterocycles. The molecule has 15 heavy (non-hydrogen) atoms. The third kappa shape index (κ3) is 2.59. The second kappa shape index (κ2) is 4.79. The Balaban J connectivity index is 2.03. The van der Waals surface area contributed by atoms with Gasteiger partial charge in [-0.25, -0.2) is 0 Å². The molecule has 0 aromatic heterocycles. The second-order valence-corrected chi connectivity index (χ2v) is 4.96. The summed E-state index contributed by atoms with van der Waals surface area (Å²) in [6.07, 6.45) is 2.05. The first-order valence-corrected chi connectivity index (χ1v) is 6.16. The summed E-state index contributed by atoms with van der Waals surface area (Å²) in [7, 11) is 0. The van der Waals surface area contributed by atoms with E-state index in [1.54, 1.807) is 0 Å². The highest BCUT2D eigenvalue weighted by atomic mass is 79.9. The lowest BCUT2D eigenvalue weighted by molar-refractivity contribution is -0.133. The Morgan fingerprint density at radius 3 is 2.80 bits per heavy atom. The van der Waals surface area contributed by atoms with Crippen LogP contribution in [0, 0.1) is 0 Å². The smallest absolute Gasteiger partial charge is 0.236 e. The minimum atomic E-state index is 0.0231. The lowest BCUT2D eigenvalue weighted by atomic mass is 10.1. The van der Waals surface area contributed by atoms with E-state index in [2.05, 4.69) is 28.1 Å². The van der Waals surface area contributed by atoms with E-state index >= 15 is 0 Å². The van der Waals surface area contributed by atoms with Crippen LogP contribution in [0.25, 0.3) is 0 Å². The van der Waals surface area contributed by atoms with Crippen molar-refractivity contribution in [3.63, 3.8) is 0 Å². The molecule has 3 heteroatoms. The van der Waals surface area contributed by atoms with Gasteiger partial charge in [0, 0.05) is 13.1 Å². The van der Waals surface area contributed by atoms with Crippen molar-refractivity contribution in [3.8, 4) is 0 Å². The van der Waals surface area contributed by atoms with Crippen LogP contribution >= 0.6 is 15.9 Å². The number of piperidine rings is 1. The van der Waals surface area contributed by atoms with Gasteiger partial charge in [0.15, 0.2) is 0 Å². The number of benzene rings is 1. The number of amides is 1. The maximum atomic E-state index is 11.8. The number of likely N-dealkylation sites (tertiary alicyclic amines) is 1. The fraction of sp³-hybridized carbons (Fsp3) is 0.417. The highest BCUT2D eigenvalue weighted by Crippen LogP contribution is 2.20. The van der Waals surface area contributed by atoms with Crippen LogP contribution in [-0.4, -0.2) is 22.2 Å². The summed E-state index contributed by atoms with van der Waals surface area (Å²) in [6, 6.07) is 10.1. The summed E-state index contributed by atoms with van der Waals surface area (Å²) < 4.78 is 0. The van der Waals surface area contributed by atoms with Crippen LogP contribution in [-0.2, 0) is 11.3 Å².